The van der Waals surface area contributed by atoms with Gasteiger partial charge >= 0.3 is 5.97 Å². The Morgan fingerprint density at radius 2 is 1.79 bits per heavy atom. The molecule has 0 aliphatic heterocycles. The van der Waals surface area contributed by atoms with Crippen LogP contribution >= 0.6 is 0 Å². The number of amides is 1. The fourth-order valence-electron chi connectivity index (χ4n) is 3.79. The Bertz CT molecular complexity index is 925. The van der Waals surface area contributed by atoms with E-state index in [2.05, 4.69) is 10.3 Å². The molecule has 1 saturated carbocycles. The zero-order valence-electron chi connectivity index (χ0n) is 15.9. The van der Waals surface area contributed by atoms with E-state index in [-0.39, 0.29) is 23.1 Å². The van der Waals surface area contributed by atoms with E-state index in [9.17, 15) is 18.0 Å². The normalized spacial score (nSPS) is 15.3. The van der Waals surface area contributed by atoms with Crippen LogP contribution in [0.4, 0.5) is 5.82 Å². The van der Waals surface area contributed by atoms with E-state index in [1.807, 2.05) is 12.1 Å². The van der Waals surface area contributed by atoms with Crippen LogP contribution < -0.4 is 5.32 Å². The lowest BCUT2D eigenvalue weighted by Gasteiger charge is -2.21. The number of carbonyl (C=O) groups is 2. The summed E-state index contributed by atoms with van der Waals surface area (Å²) in [6.45, 7) is 0. The highest BCUT2D eigenvalue weighted by atomic mass is 32.2. The first-order valence-electron chi connectivity index (χ1n) is 9.63. The molecule has 1 heterocycles. The van der Waals surface area contributed by atoms with Gasteiger partial charge in [0.1, 0.15) is 16.5 Å². The average Bonchev–Trinajstić information content (AvgIpc) is 3.20. The predicted molar refractivity (Wildman–Crippen MR) is 110 cm³/mol. The fraction of sp³-hybridized carbons (Fsp3) is 0.381. The zero-order chi connectivity index (χ0) is 20.8. The molecule has 1 fully saturated rings. The molecule has 0 radical (unpaired) electrons. The Morgan fingerprint density at radius 1 is 1.10 bits per heavy atom. The molecule has 29 heavy (non-hydrogen) atoms. The molecule has 0 bridgehead atoms. The second kappa shape index (κ2) is 9.65. The molecule has 1 atom stereocenters. The minimum absolute atomic E-state index is 0.0189. The molecular weight excluding hydrogens is 392 g/mol. The van der Waals surface area contributed by atoms with Crippen molar-refractivity contribution in [2.24, 2.45) is 5.92 Å². The van der Waals surface area contributed by atoms with Crippen molar-refractivity contribution >= 4 is 28.4 Å². The topological polar surface area (TPSA) is 113 Å². The quantitative estimate of drug-likeness (QED) is 0.570. The molecule has 0 spiro atoms. The van der Waals surface area contributed by atoms with Crippen LogP contribution in [0.2, 0.25) is 0 Å². The Balaban J connectivity index is 1.78. The molecule has 1 aliphatic rings. The maximum Gasteiger partial charge on any atom is 0.337 e. The highest BCUT2D eigenvalue weighted by Crippen LogP contribution is 2.35. The Hall–Kier alpha value is -2.74. The molecule has 1 aromatic carbocycles. The third-order valence-corrected chi connectivity index (χ3v) is 5.94. The van der Waals surface area contributed by atoms with Crippen LogP contribution in [0.15, 0.2) is 42.6 Å². The summed E-state index contributed by atoms with van der Waals surface area (Å²) in [5, 5.41) is 11.8. The molecule has 1 amide bonds. The summed E-state index contributed by atoms with van der Waals surface area (Å²) in [7, 11) is -2.50. The van der Waals surface area contributed by atoms with Crippen LogP contribution in [0.1, 0.15) is 59.5 Å². The summed E-state index contributed by atoms with van der Waals surface area (Å²) < 4.78 is 21.8. The van der Waals surface area contributed by atoms with Crippen LogP contribution in [-0.2, 0) is 21.3 Å². The van der Waals surface area contributed by atoms with Gasteiger partial charge in [-0.25, -0.2) is 18.2 Å². The lowest BCUT2D eigenvalue weighted by atomic mass is 9.87. The minimum Gasteiger partial charge on any atom is -0.478 e. The maximum absolute atomic E-state index is 13.0. The van der Waals surface area contributed by atoms with E-state index in [0.717, 1.165) is 18.4 Å². The van der Waals surface area contributed by atoms with Crippen molar-refractivity contribution in [2.45, 2.75) is 43.8 Å². The van der Waals surface area contributed by atoms with Gasteiger partial charge in [0.15, 0.2) is 0 Å². The van der Waals surface area contributed by atoms with Crippen LogP contribution in [0.5, 0.6) is 0 Å². The average molecular weight is 416 g/mol. The van der Waals surface area contributed by atoms with Gasteiger partial charge in [0, 0.05) is 6.20 Å². The molecule has 154 valence electrons. The van der Waals surface area contributed by atoms with Crippen LogP contribution in [-0.4, -0.2) is 30.4 Å². The van der Waals surface area contributed by atoms with Gasteiger partial charge in [-0.05, 0) is 35.6 Å². The smallest absolute Gasteiger partial charge is 0.337 e. The van der Waals surface area contributed by atoms with E-state index in [1.54, 1.807) is 12.1 Å². The minimum atomic E-state index is -2.50. The zero-order valence-corrected chi connectivity index (χ0v) is 16.8. The van der Waals surface area contributed by atoms with Crippen molar-refractivity contribution in [1.82, 2.24) is 4.98 Å². The Labute approximate surface area is 171 Å². The lowest BCUT2D eigenvalue weighted by Crippen LogP contribution is -2.23. The number of thiol groups is 1. The Morgan fingerprint density at radius 3 is 2.34 bits per heavy atom. The maximum atomic E-state index is 13.0. The molecule has 8 heteroatoms. The second-order valence-electron chi connectivity index (χ2n) is 7.40. The third-order valence-electron chi connectivity index (χ3n) is 5.32. The van der Waals surface area contributed by atoms with E-state index in [0.29, 0.717) is 23.7 Å². The van der Waals surface area contributed by atoms with Gasteiger partial charge in [0.05, 0.1) is 17.2 Å². The van der Waals surface area contributed by atoms with Crippen molar-refractivity contribution in [3.05, 3.63) is 59.3 Å². The molecule has 1 aliphatic carbocycles. The number of carboxylic acid groups (broad SMARTS) is 1. The number of benzene rings is 1. The van der Waals surface area contributed by atoms with Crippen molar-refractivity contribution in [3.8, 4) is 0 Å². The van der Waals surface area contributed by atoms with Gasteiger partial charge in [-0.1, -0.05) is 49.9 Å². The summed E-state index contributed by atoms with van der Waals surface area (Å²) in [6, 6.07) is 9.99. The number of hydrogen-bond acceptors (Lipinski definition) is 5. The number of nitrogens with one attached hydrogen (secondary N) is 1. The number of nitrogens with zero attached hydrogens (tertiary/aromatic N) is 1. The standard InChI is InChI=1S/C21H24N2O5S/c24-20(23-19-10-9-17(12-22-19)21(25)26)18(11-14-3-1-2-4-14)16-7-5-15(6-8-16)13-29(27)28/h5-10,12,14,18,29H,1-4,11,13H2,(H,25,26)(H,22,23,24). The van der Waals surface area contributed by atoms with E-state index < -0.39 is 16.7 Å². The van der Waals surface area contributed by atoms with Gasteiger partial charge in [0.25, 0.3) is 0 Å². The van der Waals surface area contributed by atoms with Gasteiger partial charge in [-0.15, -0.1) is 0 Å². The van der Waals surface area contributed by atoms with E-state index >= 15 is 0 Å². The number of rotatable bonds is 8. The molecule has 1 unspecified atom stereocenters. The fourth-order valence-corrected chi connectivity index (χ4v) is 4.29. The van der Waals surface area contributed by atoms with Gasteiger partial charge in [-0.2, -0.15) is 0 Å². The molecule has 1 aromatic heterocycles. The molecule has 2 aromatic rings. The largest absolute Gasteiger partial charge is 0.478 e. The summed E-state index contributed by atoms with van der Waals surface area (Å²) >= 11 is 0. The number of carboxylic acids is 1. The number of anilines is 1. The van der Waals surface area contributed by atoms with Crippen LogP contribution in [0.25, 0.3) is 0 Å². The van der Waals surface area contributed by atoms with Crippen molar-refractivity contribution in [2.75, 3.05) is 5.32 Å². The number of hydrogen-bond donors (Lipinski definition) is 3. The summed E-state index contributed by atoms with van der Waals surface area (Å²) in [5.74, 6) is -0.895. The van der Waals surface area contributed by atoms with Gasteiger partial charge < -0.3 is 10.4 Å². The number of carbonyl (C=O) groups excluding carboxylic acids is 1. The monoisotopic (exact) mass is 416 g/mol. The summed E-state index contributed by atoms with van der Waals surface area (Å²) in [4.78, 5) is 28.0. The number of aromatic nitrogens is 1. The highest BCUT2D eigenvalue weighted by molar-refractivity contribution is 7.71. The number of pyridine rings is 1. The molecule has 0 saturated heterocycles. The first-order chi connectivity index (χ1) is 13.9. The highest BCUT2D eigenvalue weighted by Gasteiger charge is 2.27. The van der Waals surface area contributed by atoms with Crippen molar-refractivity contribution in [3.63, 3.8) is 0 Å². The lowest BCUT2D eigenvalue weighted by molar-refractivity contribution is -0.118. The predicted octanol–water partition coefficient (Wildman–Crippen LogP) is 3.19. The van der Waals surface area contributed by atoms with Gasteiger partial charge in [0.2, 0.25) is 5.91 Å². The van der Waals surface area contributed by atoms with Gasteiger partial charge in [-0.3, -0.25) is 4.79 Å². The summed E-state index contributed by atoms with van der Waals surface area (Å²) in [6.07, 6.45) is 6.48. The molecule has 2 N–H and O–H groups in total. The Kier molecular flexibility index (Phi) is 6.98. The first-order valence-corrected chi connectivity index (χ1v) is 11.0. The van der Waals surface area contributed by atoms with Crippen LogP contribution in [0, 0.1) is 5.92 Å². The van der Waals surface area contributed by atoms with Crippen molar-refractivity contribution < 1.29 is 23.1 Å². The van der Waals surface area contributed by atoms with E-state index in [1.165, 1.54) is 31.2 Å². The SMILES string of the molecule is O=C(O)c1ccc(NC(=O)C(CC2CCCC2)c2ccc(C[SH](=O)=O)cc2)nc1. The molecular formula is C21H24N2O5S. The number of aromatic carboxylic acids is 1. The third kappa shape index (κ3) is 5.87. The molecule has 7 nitrogen and oxygen atoms in total. The first kappa shape index (κ1) is 21.0. The van der Waals surface area contributed by atoms with Crippen molar-refractivity contribution in [1.29, 1.82) is 0 Å². The second-order valence-corrected chi connectivity index (χ2v) is 8.38. The summed E-state index contributed by atoms with van der Waals surface area (Å²) in [5.41, 5.74) is 1.58. The molecule has 3 rings (SSSR count). The van der Waals surface area contributed by atoms with E-state index in [4.69, 9.17) is 5.11 Å². The van der Waals surface area contributed by atoms with Crippen LogP contribution in [0.3, 0.4) is 0 Å².